The summed E-state index contributed by atoms with van der Waals surface area (Å²) in [6.45, 7) is 1.54. The summed E-state index contributed by atoms with van der Waals surface area (Å²) in [4.78, 5) is 10.7. The second-order valence-electron chi connectivity index (χ2n) is 3.55. The van der Waals surface area contributed by atoms with Gasteiger partial charge in [0.2, 0.25) is 0 Å². The molecule has 0 aliphatic carbocycles. The van der Waals surface area contributed by atoms with Gasteiger partial charge in [0.05, 0.1) is 16.8 Å². The number of halogens is 3. The Morgan fingerprint density at radius 2 is 2.00 bits per heavy atom. The minimum absolute atomic E-state index is 0.106. The van der Waals surface area contributed by atoms with Gasteiger partial charge in [-0.25, -0.2) is 9.31 Å². The van der Waals surface area contributed by atoms with Crippen molar-refractivity contribution in [1.29, 1.82) is 0 Å². The molecular weight excluding hydrogens is 237 g/mol. The summed E-state index contributed by atoms with van der Waals surface area (Å²) in [5.74, 6) is -1.41. The van der Waals surface area contributed by atoms with Crippen molar-refractivity contribution in [2.24, 2.45) is 0 Å². The number of aryl methyl sites for hydroxylation is 1. The number of fused-ring (bicyclic) bond motifs is 1. The van der Waals surface area contributed by atoms with E-state index in [0.717, 1.165) is 6.07 Å². The molecule has 2 heterocycles. The number of aromatic carboxylic acids is 1. The summed E-state index contributed by atoms with van der Waals surface area (Å²) in [6.07, 6.45) is -4.65. The number of nitrogens with zero attached hydrogens (tertiary/aromatic N) is 2. The van der Waals surface area contributed by atoms with Gasteiger partial charge in [-0.15, -0.1) is 0 Å². The first-order valence-electron chi connectivity index (χ1n) is 4.60. The Bertz CT molecular complexity index is 601. The highest BCUT2D eigenvalue weighted by molar-refractivity contribution is 5.89. The second kappa shape index (κ2) is 3.47. The van der Waals surface area contributed by atoms with Crippen molar-refractivity contribution < 1.29 is 23.1 Å². The topological polar surface area (TPSA) is 54.6 Å². The number of carboxylic acid groups (broad SMARTS) is 1. The number of rotatable bonds is 1. The Kier molecular flexibility index (Phi) is 2.34. The maximum absolute atomic E-state index is 12.7. The molecule has 0 unspecified atom stereocenters. The second-order valence-corrected chi connectivity index (χ2v) is 3.55. The predicted molar refractivity (Wildman–Crippen MR) is 51.9 cm³/mol. The van der Waals surface area contributed by atoms with Crippen LogP contribution in [0.4, 0.5) is 13.2 Å². The molecule has 7 heteroatoms. The molecule has 0 atom stereocenters. The van der Waals surface area contributed by atoms with Gasteiger partial charge >= 0.3 is 12.1 Å². The Labute approximate surface area is 93.3 Å². The van der Waals surface area contributed by atoms with Crippen molar-refractivity contribution in [1.82, 2.24) is 9.61 Å². The fourth-order valence-corrected chi connectivity index (χ4v) is 1.55. The van der Waals surface area contributed by atoms with Crippen LogP contribution in [-0.4, -0.2) is 20.7 Å². The van der Waals surface area contributed by atoms with E-state index in [4.69, 9.17) is 5.11 Å². The van der Waals surface area contributed by atoms with E-state index in [2.05, 4.69) is 5.10 Å². The minimum atomic E-state index is -4.65. The van der Waals surface area contributed by atoms with Gasteiger partial charge in [0, 0.05) is 0 Å². The molecule has 2 aromatic rings. The molecule has 0 aliphatic rings. The van der Waals surface area contributed by atoms with Crippen molar-refractivity contribution in [2.45, 2.75) is 13.1 Å². The molecule has 0 bridgehead atoms. The molecule has 0 radical (unpaired) electrons. The van der Waals surface area contributed by atoms with Crippen LogP contribution in [0.5, 0.6) is 0 Å². The van der Waals surface area contributed by atoms with Crippen LogP contribution in [0.15, 0.2) is 18.2 Å². The van der Waals surface area contributed by atoms with Gasteiger partial charge in [-0.1, -0.05) is 0 Å². The van der Waals surface area contributed by atoms with Crippen LogP contribution in [0.25, 0.3) is 5.52 Å². The summed E-state index contributed by atoms with van der Waals surface area (Å²) in [6, 6.07) is 3.11. The van der Waals surface area contributed by atoms with E-state index in [1.165, 1.54) is 13.0 Å². The number of hydrogen-bond acceptors (Lipinski definition) is 2. The molecular formula is C10H7F3N2O2. The maximum atomic E-state index is 12.7. The molecule has 0 saturated carbocycles. The maximum Gasteiger partial charge on any atom is 0.433 e. The lowest BCUT2D eigenvalue weighted by atomic mass is 10.2. The lowest BCUT2D eigenvalue weighted by molar-refractivity contribution is -0.142. The van der Waals surface area contributed by atoms with Gasteiger partial charge in [-0.3, -0.25) is 0 Å². The first-order chi connectivity index (χ1) is 7.79. The number of aromatic nitrogens is 2. The molecule has 0 saturated heterocycles. The van der Waals surface area contributed by atoms with Crippen LogP contribution in [0.1, 0.15) is 21.7 Å². The number of carbonyl (C=O) groups is 1. The fourth-order valence-electron chi connectivity index (χ4n) is 1.55. The lowest BCUT2D eigenvalue weighted by Crippen LogP contribution is -2.14. The number of alkyl halides is 3. The Morgan fingerprint density at radius 3 is 2.53 bits per heavy atom. The monoisotopic (exact) mass is 244 g/mol. The Hall–Kier alpha value is -2.05. The molecule has 4 nitrogen and oxygen atoms in total. The first-order valence-corrected chi connectivity index (χ1v) is 4.60. The molecule has 1 N–H and O–H groups in total. The number of carboxylic acids is 1. The summed E-state index contributed by atoms with van der Waals surface area (Å²) >= 11 is 0. The summed E-state index contributed by atoms with van der Waals surface area (Å²) in [7, 11) is 0. The first kappa shape index (κ1) is 11.4. The van der Waals surface area contributed by atoms with E-state index in [0.29, 0.717) is 16.3 Å². The summed E-state index contributed by atoms with van der Waals surface area (Å²) in [5, 5.41) is 12.4. The van der Waals surface area contributed by atoms with E-state index in [-0.39, 0.29) is 5.52 Å². The van der Waals surface area contributed by atoms with Crippen molar-refractivity contribution in [3.8, 4) is 0 Å². The standard InChI is InChI=1S/C10H7F3N2O2/c1-5-2-7-3-6(9(16)17)4-8(10(11,12)13)15(7)14-5/h2-4H,1H3,(H,16,17). The zero-order valence-corrected chi connectivity index (χ0v) is 8.62. The van der Waals surface area contributed by atoms with E-state index in [9.17, 15) is 18.0 Å². The average molecular weight is 244 g/mol. The van der Waals surface area contributed by atoms with Gasteiger partial charge in [-0.05, 0) is 25.1 Å². The van der Waals surface area contributed by atoms with Gasteiger partial charge in [0.15, 0.2) is 0 Å². The zero-order valence-electron chi connectivity index (χ0n) is 8.62. The minimum Gasteiger partial charge on any atom is -0.478 e. The quantitative estimate of drug-likeness (QED) is 0.837. The predicted octanol–water partition coefficient (Wildman–Crippen LogP) is 2.36. The molecule has 0 aromatic carbocycles. The Morgan fingerprint density at radius 1 is 1.35 bits per heavy atom. The zero-order chi connectivity index (χ0) is 12.8. The largest absolute Gasteiger partial charge is 0.478 e. The lowest BCUT2D eigenvalue weighted by Gasteiger charge is -2.09. The number of pyridine rings is 1. The van der Waals surface area contributed by atoms with Crippen LogP contribution in [-0.2, 0) is 6.18 Å². The molecule has 0 amide bonds. The number of hydrogen-bond donors (Lipinski definition) is 1. The van der Waals surface area contributed by atoms with Crippen LogP contribution < -0.4 is 0 Å². The molecule has 0 fully saturated rings. The molecule has 0 aliphatic heterocycles. The molecule has 17 heavy (non-hydrogen) atoms. The third-order valence-electron chi connectivity index (χ3n) is 2.22. The molecule has 2 aromatic heterocycles. The van der Waals surface area contributed by atoms with Crippen LogP contribution in [0, 0.1) is 6.92 Å². The summed E-state index contributed by atoms with van der Waals surface area (Å²) in [5.41, 5.74) is -1.02. The van der Waals surface area contributed by atoms with E-state index in [1.54, 1.807) is 0 Å². The van der Waals surface area contributed by atoms with Crippen molar-refractivity contribution in [3.05, 3.63) is 35.2 Å². The van der Waals surface area contributed by atoms with Crippen molar-refractivity contribution in [2.75, 3.05) is 0 Å². The smallest absolute Gasteiger partial charge is 0.433 e. The fraction of sp³-hybridized carbons (Fsp3) is 0.200. The highest BCUT2D eigenvalue weighted by atomic mass is 19.4. The van der Waals surface area contributed by atoms with Crippen molar-refractivity contribution >= 4 is 11.5 Å². The normalized spacial score (nSPS) is 12.0. The molecule has 90 valence electrons. The van der Waals surface area contributed by atoms with Crippen molar-refractivity contribution in [3.63, 3.8) is 0 Å². The van der Waals surface area contributed by atoms with E-state index in [1.807, 2.05) is 0 Å². The van der Waals surface area contributed by atoms with Gasteiger partial charge < -0.3 is 5.11 Å². The SMILES string of the molecule is Cc1cc2cc(C(=O)O)cc(C(F)(F)F)n2n1. The average Bonchev–Trinajstić information content (AvgIpc) is 2.54. The highest BCUT2D eigenvalue weighted by Crippen LogP contribution is 2.30. The van der Waals surface area contributed by atoms with Gasteiger partial charge in [0.1, 0.15) is 5.69 Å². The van der Waals surface area contributed by atoms with Gasteiger partial charge in [-0.2, -0.15) is 18.3 Å². The van der Waals surface area contributed by atoms with Crippen LogP contribution in [0.2, 0.25) is 0 Å². The van der Waals surface area contributed by atoms with Gasteiger partial charge in [0.25, 0.3) is 0 Å². The third kappa shape index (κ3) is 1.95. The molecule has 0 spiro atoms. The summed E-state index contributed by atoms with van der Waals surface area (Å²) < 4.78 is 38.8. The van der Waals surface area contributed by atoms with Crippen LogP contribution in [0.3, 0.4) is 0 Å². The van der Waals surface area contributed by atoms with E-state index >= 15 is 0 Å². The highest BCUT2D eigenvalue weighted by Gasteiger charge is 2.35. The van der Waals surface area contributed by atoms with E-state index < -0.39 is 23.4 Å². The Balaban J connectivity index is 2.82. The van der Waals surface area contributed by atoms with Crippen LogP contribution >= 0.6 is 0 Å². The molecule has 2 rings (SSSR count). The third-order valence-corrected chi connectivity index (χ3v) is 2.22.